The molecular formula is C14H19Cl2N3O2. The van der Waals surface area contributed by atoms with Gasteiger partial charge in [0.1, 0.15) is 10.8 Å². The maximum absolute atomic E-state index is 12.0. The molecule has 0 saturated carbocycles. The molecule has 21 heavy (non-hydrogen) atoms. The third-order valence-electron chi connectivity index (χ3n) is 3.33. The lowest BCUT2D eigenvalue weighted by Gasteiger charge is -2.33. The first-order chi connectivity index (χ1) is 9.76. The average molecular weight is 332 g/mol. The Labute approximate surface area is 134 Å². The van der Waals surface area contributed by atoms with Gasteiger partial charge in [-0.15, -0.1) is 0 Å². The van der Waals surface area contributed by atoms with Crippen LogP contribution in [0.3, 0.4) is 0 Å². The summed E-state index contributed by atoms with van der Waals surface area (Å²) in [5.74, 6) is 0.244. The largest absolute Gasteiger partial charge is 0.444 e. The number of hydrogen-bond donors (Lipinski definition) is 0. The van der Waals surface area contributed by atoms with E-state index in [1.165, 1.54) is 0 Å². The summed E-state index contributed by atoms with van der Waals surface area (Å²) in [6.45, 7) is 6.87. The molecule has 1 saturated heterocycles. The van der Waals surface area contributed by atoms with Gasteiger partial charge in [0.2, 0.25) is 5.28 Å². The van der Waals surface area contributed by atoms with E-state index < -0.39 is 5.60 Å². The maximum Gasteiger partial charge on any atom is 0.410 e. The van der Waals surface area contributed by atoms with Crippen molar-refractivity contribution in [3.63, 3.8) is 0 Å². The number of rotatable bonds is 1. The van der Waals surface area contributed by atoms with Gasteiger partial charge >= 0.3 is 6.09 Å². The SMILES string of the molecule is CC(C)(C)OC(=O)N1CCC(c2cnc(Cl)nc2Cl)CC1. The van der Waals surface area contributed by atoms with Crippen LogP contribution in [-0.2, 0) is 4.74 Å². The Morgan fingerprint density at radius 3 is 2.48 bits per heavy atom. The van der Waals surface area contributed by atoms with Gasteiger partial charge in [0.05, 0.1) is 0 Å². The van der Waals surface area contributed by atoms with Crippen LogP contribution >= 0.6 is 23.2 Å². The highest BCUT2D eigenvalue weighted by atomic mass is 35.5. The Balaban J connectivity index is 1.95. The zero-order valence-corrected chi connectivity index (χ0v) is 13.9. The van der Waals surface area contributed by atoms with Gasteiger partial charge in [0.15, 0.2) is 0 Å². The van der Waals surface area contributed by atoms with E-state index in [1.54, 1.807) is 11.1 Å². The Hall–Kier alpha value is -1.07. The molecule has 0 aromatic carbocycles. The highest BCUT2D eigenvalue weighted by Crippen LogP contribution is 2.32. The fourth-order valence-electron chi connectivity index (χ4n) is 2.32. The summed E-state index contributed by atoms with van der Waals surface area (Å²) in [6, 6.07) is 0. The van der Waals surface area contributed by atoms with Crippen molar-refractivity contribution in [2.24, 2.45) is 0 Å². The Bertz CT molecular complexity index is 523. The van der Waals surface area contributed by atoms with Gasteiger partial charge in [0.25, 0.3) is 0 Å². The first-order valence-electron chi connectivity index (χ1n) is 6.92. The van der Waals surface area contributed by atoms with Crippen molar-refractivity contribution in [2.75, 3.05) is 13.1 Å². The monoisotopic (exact) mass is 331 g/mol. The Morgan fingerprint density at radius 2 is 1.95 bits per heavy atom. The molecule has 0 atom stereocenters. The Morgan fingerprint density at radius 1 is 1.33 bits per heavy atom. The molecule has 1 aromatic heterocycles. The molecule has 116 valence electrons. The summed E-state index contributed by atoms with van der Waals surface area (Å²) in [7, 11) is 0. The number of ether oxygens (including phenoxy) is 1. The quantitative estimate of drug-likeness (QED) is 0.578. The normalized spacial score (nSPS) is 16.9. The molecule has 0 bridgehead atoms. The molecule has 0 spiro atoms. The van der Waals surface area contributed by atoms with Gasteiger partial charge in [-0.2, -0.15) is 0 Å². The van der Waals surface area contributed by atoms with Crippen LogP contribution in [0.5, 0.6) is 0 Å². The average Bonchev–Trinajstić information content (AvgIpc) is 2.37. The van der Waals surface area contributed by atoms with E-state index >= 15 is 0 Å². The minimum Gasteiger partial charge on any atom is -0.444 e. The molecule has 2 rings (SSSR count). The highest BCUT2D eigenvalue weighted by molar-refractivity contribution is 6.32. The first kappa shape index (κ1) is 16.3. The van der Waals surface area contributed by atoms with E-state index in [0.29, 0.717) is 18.2 Å². The van der Waals surface area contributed by atoms with Crippen LogP contribution in [0, 0.1) is 0 Å². The number of aromatic nitrogens is 2. The molecule has 1 amide bonds. The van der Waals surface area contributed by atoms with Crippen LogP contribution in [0.1, 0.15) is 45.1 Å². The standard InChI is InChI=1S/C14H19Cl2N3O2/c1-14(2,3)21-13(20)19-6-4-9(5-7-19)10-8-17-12(16)18-11(10)15/h8-9H,4-7H2,1-3H3. The summed E-state index contributed by atoms with van der Waals surface area (Å²) >= 11 is 11.8. The molecule has 2 heterocycles. The van der Waals surface area contributed by atoms with E-state index in [-0.39, 0.29) is 17.3 Å². The van der Waals surface area contributed by atoms with Gasteiger partial charge in [-0.3, -0.25) is 0 Å². The van der Waals surface area contributed by atoms with Gasteiger partial charge in [-0.05, 0) is 51.1 Å². The summed E-state index contributed by atoms with van der Waals surface area (Å²) in [5.41, 5.74) is 0.422. The van der Waals surface area contributed by atoms with Gasteiger partial charge in [0, 0.05) is 24.8 Å². The highest BCUT2D eigenvalue weighted by Gasteiger charge is 2.28. The number of halogens is 2. The number of piperidine rings is 1. The van der Waals surface area contributed by atoms with Crippen LogP contribution in [0.25, 0.3) is 0 Å². The molecule has 5 nitrogen and oxygen atoms in total. The molecule has 1 fully saturated rings. The molecule has 1 aromatic rings. The lowest BCUT2D eigenvalue weighted by Crippen LogP contribution is -2.41. The summed E-state index contributed by atoms with van der Waals surface area (Å²) < 4.78 is 5.38. The van der Waals surface area contributed by atoms with E-state index in [0.717, 1.165) is 18.4 Å². The van der Waals surface area contributed by atoms with E-state index in [9.17, 15) is 4.79 Å². The lowest BCUT2D eigenvalue weighted by molar-refractivity contribution is 0.0205. The zero-order valence-electron chi connectivity index (χ0n) is 12.4. The minimum atomic E-state index is -0.471. The molecule has 7 heteroatoms. The molecule has 1 aliphatic heterocycles. The third-order valence-corrected chi connectivity index (χ3v) is 3.81. The van der Waals surface area contributed by atoms with E-state index in [4.69, 9.17) is 27.9 Å². The van der Waals surface area contributed by atoms with Crippen molar-refractivity contribution in [3.8, 4) is 0 Å². The van der Waals surface area contributed by atoms with Crippen LogP contribution in [-0.4, -0.2) is 39.7 Å². The lowest BCUT2D eigenvalue weighted by atomic mass is 9.91. The van der Waals surface area contributed by atoms with Crippen molar-refractivity contribution in [3.05, 3.63) is 22.2 Å². The first-order valence-corrected chi connectivity index (χ1v) is 7.68. The maximum atomic E-state index is 12.0. The summed E-state index contributed by atoms with van der Waals surface area (Å²) in [4.78, 5) is 21.7. The Kier molecular flexibility index (Phi) is 4.94. The van der Waals surface area contributed by atoms with Crippen LogP contribution in [0.4, 0.5) is 4.79 Å². The second-order valence-corrected chi connectivity index (χ2v) is 6.82. The molecule has 0 N–H and O–H groups in total. The molecule has 0 aliphatic carbocycles. The van der Waals surface area contributed by atoms with E-state index in [2.05, 4.69) is 9.97 Å². The molecule has 1 aliphatic rings. The van der Waals surface area contributed by atoms with Crippen molar-refractivity contribution in [1.29, 1.82) is 0 Å². The fraction of sp³-hybridized carbons (Fsp3) is 0.643. The van der Waals surface area contributed by atoms with Crippen molar-refractivity contribution in [2.45, 2.75) is 45.1 Å². The van der Waals surface area contributed by atoms with Crippen molar-refractivity contribution < 1.29 is 9.53 Å². The molecule has 0 unspecified atom stereocenters. The fourth-order valence-corrected chi connectivity index (χ4v) is 2.78. The van der Waals surface area contributed by atoms with Gasteiger partial charge in [-0.1, -0.05) is 11.6 Å². The number of amides is 1. The topological polar surface area (TPSA) is 55.3 Å². The third kappa shape index (κ3) is 4.45. The number of hydrogen-bond acceptors (Lipinski definition) is 4. The van der Waals surface area contributed by atoms with Gasteiger partial charge < -0.3 is 9.64 Å². The van der Waals surface area contributed by atoms with Crippen LogP contribution in [0.15, 0.2) is 6.20 Å². The number of carbonyl (C=O) groups excluding carboxylic acids is 1. The van der Waals surface area contributed by atoms with Crippen molar-refractivity contribution in [1.82, 2.24) is 14.9 Å². The predicted molar refractivity (Wildman–Crippen MR) is 81.8 cm³/mol. The molecular weight excluding hydrogens is 313 g/mol. The van der Waals surface area contributed by atoms with E-state index in [1.807, 2.05) is 20.8 Å². The smallest absolute Gasteiger partial charge is 0.410 e. The zero-order chi connectivity index (χ0) is 15.6. The minimum absolute atomic E-state index is 0.148. The number of nitrogens with zero attached hydrogens (tertiary/aromatic N) is 3. The summed E-state index contributed by atoms with van der Waals surface area (Å²) in [5, 5.41) is 0.542. The summed E-state index contributed by atoms with van der Waals surface area (Å²) in [6.07, 6.45) is 3.03. The number of carbonyl (C=O) groups is 1. The van der Waals surface area contributed by atoms with Crippen LogP contribution in [0.2, 0.25) is 10.4 Å². The van der Waals surface area contributed by atoms with Gasteiger partial charge in [-0.25, -0.2) is 14.8 Å². The second-order valence-electron chi connectivity index (χ2n) is 6.13. The molecule has 0 radical (unpaired) electrons. The van der Waals surface area contributed by atoms with Crippen LogP contribution < -0.4 is 0 Å². The second kappa shape index (κ2) is 6.36. The predicted octanol–water partition coefficient (Wildman–Crippen LogP) is 3.90. The van der Waals surface area contributed by atoms with Crippen molar-refractivity contribution >= 4 is 29.3 Å². The number of likely N-dealkylation sites (tertiary alicyclic amines) is 1.